The molecule has 0 spiro atoms. The number of esters is 1. The Labute approximate surface area is 186 Å². The first-order valence-corrected chi connectivity index (χ1v) is 11.7. The van der Waals surface area contributed by atoms with Crippen molar-refractivity contribution in [3.8, 4) is 0 Å². The lowest BCUT2D eigenvalue weighted by Gasteiger charge is -2.48. The van der Waals surface area contributed by atoms with Crippen molar-refractivity contribution < 1.29 is 29.2 Å². The molecule has 31 heavy (non-hydrogen) atoms. The molecule has 3 rings (SSSR count). The molecule has 7 nitrogen and oxygen atoms in total. The number of carbonyl (C=O) groups excluding carboxylic acids is 1. The van der Waals surface area contributed by atoms with Crippen LogP contribution >= 0.6 is 0 Å². The zero-order chi connectivity index (χ0) is 22.8. The average molecular weight is 440 g/mol. The van der Waals surface area contributed by atoms with Crippen LogP contribution in [0.5, 0.6) is 0 Å². The number of nitrogens with two attached hydrogens (primary N) is 1. The molecule has 0 bridgehead atoms. The van der Waals surface area contributed by atoms with Gasteiger partial charge in [0.25, 0.3) is 0 Å². The van der Waals surface area contributed by atoms with Crippen LogP contribution in [0, 0.1) is 11.8 Å². The summed E-state index contributed by atoms with van der Waals surface area (Å²) in [6, 6.07) is 0.249. The topological polar surface area (TPSA) is 111 Å². The Balaban J connectivity index is 1.70. The van der Waals surface area contributed by atoms with E-state index in [2.05, 4.69) is 0 Å². The predicted molar refractivity (Wildman–Crippen MR) is 117 cm³/mol. The van der Waals surface area contributed by atoms with Crippen molar-refractivity contribution in [1.82, 2.24) is 0 Å². The molecule has 7 heteroatoms. The lowest BCUT2D eigenvalue weighted by atomic mass is 9.65. The van der Waals surface area contributed by atoms with Gasteiger partial charge < -0.3 is 30.2 Å². The van der Waals surface area contributed by atoms with E-state index in [1.807, 2.05) is 26.8 Å². The largest absolute Gasteiger partial charge is 0.460 e. The molecule has 0 aromatic rings. The predicted octanol–water partition coefficient (Wildman–Crippen LogP) is 2.47. The van der Waals surface area contributed by atoms with Gasteiger partial charge in [-0.2, -0.15) is 0 Å². The SMILES string of the molecule is COC1C(OC(=O)CC2CCC(N)CC2)CCC2(O)COC(C)(C(O)CC=C(C)C)C12. The Morgan fingerprint density at radius 2 is 1.94 bits per heavy atom. The molecule has 2 aliphatic carbocycles. The number of allylic oxidation sites excluding steroid dienone is 1. The molecule has 6 atom stereocenters. The minimum Gasteiger partial charge on any atom is -0.460 e. The van der Waals surface area contributed by atoms with Crippen LogP contribution in [0.3, 0.4) is 0 Å². The van der Waals surface area contributed by atoms with Crippen LogP contribution in [0.1, 0.15) is 72.1 Å². The van der Waals surface area contributed by atoms with Gasteiger partial charge in [0.2, 0.25) is 0 Å². The number of aliphatic hydroxyl groups excluding tert-OH is 1. The van der Waals surface area contributed by atoms with E-state index in [0.29, 0.717) is 31.6 Å². The average Bonchev–Trinajstić information content (AvgIpc) is 3.00. The van der Waals surface area contributed by atoms with E-state index < -0.39 is 35.4 Å². The number of hydrogen-bond acceptors (Lipinski definition) is 7. The number of fused-ring (bicyclic) bond motifs is 1. The van der Waals surface area contributed by atoms with Crippen LogP contribution < -0.4 is 5.73 Å². The fourth-order valence-electron chi connectivity index (χ4n) is 5.77. The second kappa shape index (κ2) is 9.87. The third kappa shape index (κ3) is 5.33. The molecule has 4 N–H and O–H groups in total. The number of aliphatic hydroxyl groups is 2. The normalized spacial score (nSPS) is 41.3. The minimum atomic E-state index is -1.11. The molecule has 2 saturated carbocycles. The van der Waals surface area contributed by atoms with E-state index in [1.165, 1.54) is 0 Å². The smallest absolute Gasteiger partial charge is 0.306 e. The maximum atomic E-state index is 12.7. The van der Waals surface area contributed by atoms with Crippen LogP contribution in [-0.4, -0.2) is 65.5 Å². The summed E-state index contributed by atoms with van der Waals surface area (Å²) in [4.78, 5) is 12.7. The highest BCUT2D eigenvalue weighted by Gasteiger charge is 2.64. The quantitative estimate of drug-likeness (QED) is 0.413. The van der Waals surface area contributed by atoms with Crippen molar-refractivity contribution in [2.24, 2.45) is 17.6 Å². The molecule has 0 amide bonds. The summed E-state index contributed by atoms with van der Waals surface area (Å²) in [5.74, 6) is -0.395. The first-order chi connectivity index (χ1) is 14.6. The number of ether oxygens (including phenoxy) is 3. The summed E-state index contributed by atoms with van der Waals surface area (Å²) >= 11 is 0. The van der Waals surface area contributed by atoms with Crippen LogP contribution in [-0.2, 0) is 19.0 Å². The van der Waals surface area contributed by atoms with Crippen LogP contribution in [0.4, 0.5) is 0 Å². The molecule has 0 aromatic carbocycles. The first-order valence-electron chi connectivity index (χ1n) is 11.7. The molecule has 0 aromatic heterocycles. The Kier molecular flexibility index (Phi) is 7.85. The number of rotatable bonds is 7. The van der Waals surface area contributed by atoms with E-state index in [-0.39, 0.29) is 18.6 Å². The summed E-state index contributed by atoms with van der Waals surface area (Å²) in [6.07, 6.45) is 5.75. The summed E-state index contributed by atoms with van der Waals surface area (Å²) < 4.78 is 17.7. The summed E-state index contributed by atoms with van der Waals surface area (Å²) in [7, 11) is 1.57. The second-order valence-electron chi connectivity index (χ2n) is 10.3. The molecular formula is C24H41NO6. The van der Waals surface area contributed by atoms with Gasteiger partial charge in [-0.15, -0.1) is 0 Å². The van der Waals surface area contributed by atoms with Gasteiger partial charge in [0.1, 0.15) is 12.2 Å². The fourth-order valence-corrected chi connectivity index (χ4v) is 5.77. The van der Waals surface area contributed by atoms with Crippen molar-refractivity contribution in [3.05, 3.63) is 11.6 Å². The molecule has 1 saturated heterocycles. The number of carbonyl (C=O) groups is 1. The van der Waals surface area contributed by atoms with E-state index in [1.54, 1.807) is 7.11 Å². The van der Waals surface area contributed by atoms with Gasteiger partial charge in [-0.1, -0.05) is 11.6 Å². The van der Waals surface area contributed by atoms with Crippen LogP contribution in [0.25, 0.3) is 0 Å². The van der Waals surface area contributed by atoms with Gasteiger partial charge in [-0.3, -0.25) is 4.79 Å². The second-order valence-corrected chi connectivity index (χ2v) is 10.3. The summed E-state index contributed by atoms with van der Waals surface area (Å²) in [5.41, 5.74) is 4.98. The number of methoxy groups -OCH3 is 1. The fraction of sp³-hybridized carbons (Fsp3) is 0.875. The zero-order valence-corrected chi connectivity index (χ0v) is 19.5. The molecule has 3 fully saturated rings. The molecular weight excluding hydrogens is 398 g/mol. The molecule has 0 radical (unpaired) electrons. The first kappa shape index (κ1) is 24.6. The Bertz CT molecular complexity index is 656. The van der Waals surface area contributed by atoms with Crippen LogP contribution in [0.15, 0.2) is 11.6 Å². The maximum absolute atomic E-state index is 12.7. The monoisotopic (exact) mass is 439 g/mol. The lowest BCUT2D eigenvalue weighted by Crippen LogP contribution is -2.61. The summed E-state index contributed by atoms with van der Waals surface area (Å²) in [6.45, 7) is 5.94. The highest BCUT2D eigenvalue weighted by molar-refractivity contribution is 5.70. The van der Waals surface area contributed by atoms with Gasteiger partial charge >= 0.3 is 5.97 Å². The van der Waals surface area contributed by atoms with Gasteiger partial charge in [-0.25, -0.2) is 0 Å². The number of hydrogen-bond donors (Lipinski definition) is 3. The van der Waals surface area contributed by atoms with Crippen molar-refractivity contribution in [2.45, 2.75) is 108 Å². The Morgan fingerprint density at radius 3 is 2.55 bits per heavy atom. The van der Waals surface area contributed by atoms with Crippen molar-refractivity contribution >= 4 is 5.97 Å². The standard InChI is InChI=1S/C24H41NO6/c1-15(2)5-10-19(26)23(3)22-21(29-4)18(11-12-24(22,28)14-30-23)31-20(27)13-16-6-8-17(25)9-7-16/h5,16-19,21-22,26,28H,6-14,25H2,1-4H3. The van der Waals surface area contributed by atoms with Crippen molar-refractivity contribution in [1.29, 1.82) is 0 Å². The van der Waals surface area contributed by atoms with Crippen molar-refractivity contribution in [2.75, 3.05) is 13.7 Å². The maximum Gasteiger partial charge on any atom is 0.306 e. The third-order valence-corrected chi connectivity index (χ3v) is 7.70. The van der Waals surface area contributed by atoms with E-state index in [4.69, 9.17) is 19.9 Å². The molecule has 1 aliphatic heterocycles. The van der Waals surface area contributed by atoms with Gasteiger partial charge in [0.05, 0.1) is 29.8 Å². The molecule has 3 aliphatic rings. The van der Waals surface area contributed by atoms with Gasteiger partial charge in [-0.05, 0) is 71.6 Å². The Hall–Kier alpha value is -0.990. The molecule has 178 valence electrons. The van der Waals surface area contributed by atoms with Gasteiger partial charge in [0, 0.05) is 19.6 Å². The highest BCUT2D eigenvalue weighted by atomic mass is 16.6. The highest BCUT2D eigenvalue weighted by Crippen LogP contribution is 2.51. The van der Waals surface area contributed by atoms with Crippen molar-refractivity contribution in [3.63, 3.8) is 0 Å². The molecule has 1 heterocycles. The van der Waals surface area contributed by atoms with Crippen LogP contribution in [0.2, 0.25) is 0 Å². The Morgan fingerprint density at radius 1 is 1.26 bits per heavy atom. The van der Waals surface area contributed by atoms with E-state index in [0.717, 1.165) is 31.3 Å². The summed E-state index contributed by atoms with van der Waals surface area (Å²) in [5, 5.41) is 22.3. The minimum absolute atomic E-state index is 0.142. The zero-order valence-electron chi connectivity index (χ0n) is 19.5. The lowest BCUT2D eigenvalue weighted by molar-refractivity contribution is -0.197. The van der Waals surface area contributed by atoms with E-state index in [9.17, 15) is 15.0 Å². The van der Waals surface area contributed by atoms with E-state index >= 15 is 0 Å². The van der Waals surface area contributed by atoms with Gasteiger partial charge in [0.15, 0.2) is 0 Å². The third-order valence-electron chi connectivity index (χ3n) is 7.70. The molecule has 6 unspecified atom stereocenters.